The fraction of sp³-hybridized carbons (Fsp3) is 0.250. The van der Waals surface area contributed by atoms with Gasteiger partial charge in [-0.05, 0) is 24.6 Å². The van der Waals surface area contributed by atoms with Gasteiger partial charge in [-0.1, -0.05) is 29.8 Å². The van der Waals surface area contributed by atoms with Crippen LogP contribution in [-0.2, 0) is 4.79 Å². The minimum atomic E-state index is -0.544. The minimum absolute atomic E-state index is 0.242. The van der Waals surface area contributed by atoms with Crippen molar-refractivity contribution in [2.24, 2.45) is 0 Å². The third-order valence-electron chi connectivity index (χ3n) is 1.89. The lowest BCUT2D eigenvalue weighted by atomic mass is 10.2. The highest BCUT2D eigenvalue weighted by molar-refractivity contribution is 6.32. The maximum atomic E-state index is 11.3. The zero-order chi connectivity index (χ0) is 12.0. The molecule has 1 amide bonds. The SMILES string of the molecule is C[C@@H](O)CNC(=O)/C=C/c1ccccc1Cl. The fourth-order valence-electron chi connectivity index (χ4n) is 1.08. The van der Waals surface area contributed by atoms with Crippen LogP contribution in [0.2, 0.25) is 5.02 Å². The van der Waals surface area contributed by atoms with E-state index in [2.05, 4.69) is 5.32 Å². The van der Waals surface area contributed by atoms with E-state index >= 15 is 0 Å². The maximum Gasteiger partial charge on any atom is 0.244 e. The summed E-state index contributed by atoms with van der Waals surface area (Å²) in [6.45, 7) is 1.85. The van der Waals surface area contributed by atoms with Gasteiger partial charge in [0.05, 0.1) is 6.10 Å². The second kappa shape index (κ2) is 6.30. The second-order valence-electron chi connectivity index (χ2n) is 3.45. The number of carbonyl (C=O) groups is 1. The number of benzene rings is 1. The molecule has 1 atom stereocenters. The van der Waals surface area contributed by atoms with Crippen LogP contribution in [0.25, 0.3) is 6.08 Å². The normalized spacial score (nSPS) is 12.7. The predicted octanol–water partition coefficient (Wildman–Crippen LogP) is 1.85. The number of halogens is 1. The zero-order valence-electron chi connectivity index (χ0n) is 8.98. The average molecular weight is 240 g/mol. The largest absolute Gasteiger partial charge is 0.392 e. The Morgan fingerprint density at radius 1 is 1.56 bits per heavy atom. The number of carbonyl (C=O) groups excluding carboxylic acids is 1. The topological polar surface area (TPSA) is 49.3 Å². The summed E-state index contributed by atoms with van der Waals surface area (Å²) in [5.41, 5.74) is 0.788. The van der Waals surface area contributed by atoms with Crippen LogP contribution >= 0.6 is 11.6 Å². The van der Waals surface area contributed by atoms with Gasteiger partial charge in [0.2, 0.25) is 5.91 Å². The molecule has 0 aliphatic rings. The molecule has 0 radical (unpaired) electrons. The van der Waals surface area contributed by atoms with Gasteiger partial charge in [-0.3, -0.25) is 4.79 Å². The van der Waals surface area contributed by atoms with Crippen molar-refractivity contribution in [3.63, 3.8) is 0 Å². The Morgan fingerprint density at radius 2 is 2.25 bits per heavy atom. The van der Waals surface area contributed by atoms with Crippen molar-refractivity contribution in [1.29, 1.82) is 0 Å². The third kappa shape index (κ3) is 4.47. The van der Waals surface area contributed by atoms with Crippen LogP contribution < -0.4 is 5.32 Å². The summed E-state index contributed by atoms with van der Waals surface area (Å²) in [6.07, 6.45) is 2.49. The van der Waals surface area contributed by atoms with Crippen molar-refractivity contribution in [3.05, 3.63) is 40.9 Å². The Bertz CT molecular complexity index is 388. The minimum Gasteiger partial charge on any atom is -0.392 e. The van der Waals surface area contributed by atoms with E-state index in [1.54, 1.807) is 19.1 Å². The highest BCUT2D eigenvalue weighted by Gasteiger charge is 1.99. The fourth-order valence-corrected chi connectivity index (χ4v) is 1.28. The molecule has 0 saturated carbocycles. The van der Waals surface area contributed by atoms with Crippen molar-refractivity contribution in [1.82, 2.24) is 5.32 Å². The van der Waals surface area contributed by atoms with Crippen LogP contribution in [-0.4, -0.2) is 23.7 Å². The van der Waals surface area contributed by atoms with Crippen LogP contribution in [0.4, 0.5) is 0 Å². The molecule has 0 saturated heterocycles. The Labute approximate surface area is 99.7 Å². The van der Waals surface area contributed by atoms with Gasteiger partial charge in [-0.15, -0.1) is 0 Å². The zero-order valence-corrected chi connectivity index (χ0v) is 9.74. The Hall–Kier alpha value is -1.32. The molecule has 0 unspecified atom stereocenters. The highest BCUT2D eigenvalue weighted by Crippen LogP contribution is 2.15. The molecule has 0 aromatic heterocycles. The molecule has 0 heterocycles. The van der Waals surface area contributed by atoms with E-state index in [0.717, 1.165) is 5.56 Å². The lowest BCUT2D eigenvalue weighted by molar-refractivity contribution is -0.116. The molecule has 0 spiro atoms. The molecule has 0 aliphatic heterocycles. The first-order valence-corrected chi connectivity index (χ1v) is 5.36. The molecule has 1 rings (SSSR count). The lowest BCUT2D eigenvalue weighted by Crippen LogP contribution is -2.28. The van der Waals surface area contributed by atoms with Crippen molar-refractivity contribution < 1.29 is 9.90 Å². The van der Waals surface area contributed by atoms with Gasteiger partial charge in [0.25, 0.3) is 0 Å². The first-order chi connectivity index (χ1) is 7.59. The molecule has 0 aliphatic carbocycles. The number of hydrogen-bond donors (Lipinski definition) is 2. The monoisotopic (exact) mass is 239 g/mol. The number of aliphatic hydroxyl groups excluding tert-OH is 1. The predicted molar refractivity (Wildman–Crippen MR) is 65.2 cm³/mol. The summed E-state index contributed by atoms with van der Waals surface area (Å²) in [6, 6.07) is 7.25. The lowest BCUT2D eigenvalue weighted by Gasteiger charge is -2.03. The van der Waals surface area contributed by atoms with Crippen LogP contribution in [0.1, 0.15) is 12.5 Å². The van der Waals surface area contributed by atoms with Crippen molar-refractivity contribution >= 4 is 23.6 Å². The van der Waals surface area contributed by atoms with E-state index in [0.29, 0.717) is 5.02 Å². The van der Waals surface area contributed by atoms with Gasteiger partial charge < -0.3 is 10.4 Å². The Morgan fingerprint density at radius 3 is 2.88 bits per heavy atom. The molecule has 1 aromatic rings. The van der Waals surface area contributed by atoms with Crippen LogP contribution in [0.3, 0.4) is 0 Å². The van der Waals surface area contributed by atoms with Crippen molar-refractivity contribution in [2.75, 3.05) is 6.54 Å². The van der Waals surface area contributed by atoms with Gasteiger partial charge in [-0.2, -0.15) is 0 Å². The standard InChI is InChI=1S/C12H14ClNO2/c1-9(15)8-14-12(16)7-6-10-4-2-3-5-11(10)13/h2-7,9,15H,8H2,1H3,(H,14,16)/b7-6+/t9-/m1/s1. The molecule has 4 heteroatoms. The molecule has 0 fully saturated rings. The highest BCUT2D eigenvalue weighted by atomic mass is 35.5. The smallest absolute Gasteiger partial charge is 0.244 e. The quantitative estimate of drug-likeness (QED) is 0.788. The van der Waals surface area contributed by atoms with Crippen molar-refractivity contribution in [3.8, 4) is 0 Å². The summed E-state index contributed by atoms with van der Waals surface area (Å²) in [7, 11) is 0. The summed E-state index contributed by atoms with van der Waals surface area (Å²) >= 11 is 5.91. The van der Waals surface area contributed by atoms with Crippen LogP contribution in [0.15, 0.2) is 30.3 Å². The number of amides is 1. The molecule has 16 heavy (non-hydrogen) atoms. The molecular formula is C12H14ClNO2. The summed E-state index contributed by atoms with van der Waals surface area (Å²) in [5.74, 6) is -0.249. The van der Waals surface area contributed by atoms with Gasteiger partial charge in [-0.25, -0.2) is 0 Å². The van der Waals surface area contributed by atoms with E-state index < -0.39 is 6.10 Å². The summed E-state index contributed by atoms with van der Waals surface area (Å²) < 4.78 is 0. The van der Waals surface area contributed by atoms with Gasteiger partial charge in [0.15, 0.2) is 0 Å². The Balaban J connectivity index is 2.54. The first-order valence-electron chi connectivity index (χ1n) is 4.98. The number of hydrogen-bond acceptors (Lipinski definition) is 2. The van der Waals surface area contributed by atoms with Gasteiger partial charge in [0.1, 0.15) is 0 Å². The average Bonchev–Trinajstić information content (AvgIpc) is 2.25. The van der Waals surface area contributed by atoms with E-state index in [1.165, 1.54) is 6.08 Å². The van der Waals surface area contributed by atoms with Crippen LogP contribution in [0.5, 0.6) is 0 Å². The Kier molecular flexibility index (Phi) is 5.02. The van der Waals surface area contributed by atoms with Crippen LogP contribution in [0, 0.1) is 0 Å². The number of rotatable bonds is 4. The summed E-state index contributed by atoms with van der Waals surface area (Å²) in [4.78, 5) is 11.3. The summed E-state index contributed by atoms with van der Waals surface area (Å²) in [5, 5.41) is 12.1. The third-order valence-corrected chi connectivity index (χ3v) is 2.24. The number of aliphatic hydroxyl groups is 1. The molecule has 86 valence electrons. The van der Waals surface area contributed by atoms with Gasteiger partial charge >= 0.3 is 0 Å². The van der Waals surface area contributed by atoms with E-state index in [4.69, 9.17) is 16.7 Å². The van der Waals surface area contributed by atoms with E-state index in [-0.39, 0.29) is 12.5 Å². The maximum absolute atomic E-state index is 11.3. The molecule has 2 N–H and O–H groups in total. The van der Waals surface area contributed by atoms with E-state index in [9.17, 15) is 4.79 Å². The molecule has 0 bridgehead atoms. The van der Waals surface area contributed by atoms with Gasteiger partial charge in [0, 0.05) is 17.6 Å². The van der Waals surface area contributed by atoms with Crippen molar-refractivity contribution in [2.45, 2.75) is 13.0 Å². The second-order valence-corrected chi connectivity index (χ2v) is 3.86. The first kappa shape index (κ1) is 12.7. The van der Waals surface area contributed by atoms with E-state index in [1.807, 2.05) is 18.2 Å². The molecule has 1 aromatic carbocycles. The number of nitrogens with one attached hydrogen (secondary N) is 1. The molecule has 3 nitrogen and oxygen atoms in total. The molecular weight excluding hydrogens is 226 g/mol.